The molecule has 1 amide bonds. The first kappa shape index (κ1) is 21.8. The van der Waals surface area contributed by atoms with Crippen LogP contribution in [0.15, 0.2) is 70.9 Å². The van der Waals surface area contributed by atoms with Gasteiger partial charge in [0.2, 0.25) is 5.91 Å². The van der Waals surface area contributed by atoms with Crippen LogP contribution in [0.5, 0.6) is 0 Å². The van der Waals surface area contributed by atoms with Crippen LogP contribution in [-0.2, 0) is 26.5 Å². The highest BCUT2D eigenvalue weighted by atomic mass is 32.2. The van der Waals surface area contributed by atoms with Gasteiger partial charge in [0.05, 0.1) is 4.90 Å². The predicted molar refractivity (Wildman–Crippen MR) is 116 cm³/mol. The Balaban J connectivity index is 2.02. The van der Waals surface area contributed by atoms with Crippen LogP contribution >= 0.6 is 0 Å². The van der Waals surface area contributed by atoms with Crippen molar-refractivity contribution in [1.29, 1.82) is 0 Å². The van der Waals surface area contributed by atoms with E-state index < -0.39 is 15.3 Å². The maximum Gasteiger partial charge on any atom is 0.243 e. The Morgan fingerprint density at radius 1 is 1.10 bits per heavy atom. The molecular formula is C23H26N2O4S. The third-order valence-electron chi connectivity index (χ3n) is 5.72. The van der Waals surface area contributed by atoms with E-state index in [-0.39, 0.29) is 16.5 Å². The second-order valence-corrected chi connectivity index (χ2v) is 9.71. The third-order valence-corrected chi connectivity index (χ3v) is 6.85. The summed E-state index contributed by atoms with van der Waals surface area (Å²) < 4.78 is 23.7. The van der Waals surface area contributed by atoms with Crippen molar-refractivity contribution in [2.75, 3.05) is 13.3 Å². The summed E-state index contributed by atoms with van der Waals surface area (Å²) in [6.45, 7) is 2.05. The molecule has 0 saturated heterocycles. The van der Waals surface area contributed by atoms with Gasteiger partial charge in [0.15, 0.2) is 9.84 Å². The molecule has 2 aromatic carbocycles. The van der Waals surface area contributed by atoms with Gasteiger partial charge in [-0.25, -0.2) is 8.42 Å². The number of aryl methyl sites for hydroxylation is 2. The number of carbonyl (C=O) groups is 1. The number of sulfone groups is 1. The number of amides is 1. The van der Waals surface area contributed by atoms with Crippen molar-refractivity contribution < 1.29 is 18.4 Å². The summed E-state index contributed by atoms with van der Waals surface area (Å²) in [4.78, 5) is 15.0. The fourth-order valence-corrected chi connectivity index (χ4v) is 4.62. The zero-order valence-electron chi connectivity index (χ0n) is 17.4. The Kier molecular flexibility index (Phi) is 6.12. The van der Waals surface area contributed by atoms with Gasteiger partial charge in [0.1, 0.15) is 11.1 Å². The minimum absolute atomic E-state index is 0.177. The summed E-state index contributed by atoms with van der Waals surface area (Å²) in [5.41, 5.74) is 2.06. The van der Waals surface area contributed by atoms with Gasteiger partial charge in [-0.1, -0.05) is 41.6 Å². The van der Waals surface area contributed by atoms with E-state index in [0.29, 0.717) is 18.4 Å². The van der Waals surface area contributed by atoms with Crippen LogP contribution in [-0.4, -0.2) is 43.4 Å². The van der Waals surface area contributed by atoms with E-state index >= 15 is 0 Å². The lowest BCUT2D eigenvalue weighted by Crippen LogP contribution is -2.51. The second kappa shape index (κ2) is 8.44. The maximum absolute atomic E-state index is 13.4. The van der Waals surface area contributed by atoms with Crippen molar-refractivity contribution in [1.82, 2.24) is 4.90 Å². The number of hydrogen-bond acceptors (Lipinski definition) is 5. The number of allylic oxidation sites excluding steroid dienone is 1. The highest BCUT2D eigenvalue weighted by molar-refractivity contribution is 7.90. The summed E-state index contributed by atoms with van der Waals surface area (Å²) in [5.74, 6) is -0.213. The lowest BCUT2D eigenvalue weighted by Gasteiger charge is -2.38. The molecule has 0 radical (unpaired) electrons. The quantitative estimate of drug-likeness (QED) is 0.566. The van der Waals surface area contributed by atoms with E-state index in [2.05, 4.69) is 24.2 Å². The number of benzene rings is 2. The van der Waals surface area contributed by atoms with Gasteiger partial charge in [-0.3, -0.25) is 4.79 Å². The monoisotopic (exact) mass is 426 g/mol. The van der Waals surface area contributed by atoms with Crippen LogP contribution in [0, 0.1) is 6.92 Å². The number of hydrogen-bond donors (Lipinski definition) is 1. The first-order valence-corrected chi connectivity index (χ1v) is 11.6. The smallest absolute Gasteiger partial charge is 0.243 e. The molecule has 0 bridgehead atoms. The Labute approximate surface area is 177 Å². The summed E-state index contributed by atoms with van der Waals surface area (Å²) in [5, 5.41) is 13.1. The van der Waals surface area contributed by atoms with E-state index in [1.807, 2.05) is 12.1 Å². The lowest BCUT2D eigenvalue weighted by molar-refractivity contribution is -0.131. The molecule has 0 unspecified atom stereocenters. The fourth-order valence-electron chi connectivity index (χ4n) is 3.99. The zero-order valence-corrected chi connectivity index (χ0v) is 18.2. The van der Waals surface area contributed by atoms with Gasteiger partial charge >= 0.3 is 0 Å². The van der Waals surface area contributed by atoms with Crippen LogP contribution in [0.2, 0.25) is 0 Å². The van der Waals surface area contributed by atoms with E-state index in [9.17, 15) is 18.4 Å². The number of rotatable bonds is 6. The number of oxime groups is 1. The average Bonchev–Trinajstić information content (AvgIpc) is 2.72. The van der Waals surface area contributed by atoms with Crippen molar-refractivity contribution in [2.45, 2.75) is 36.5 Å². The van der Waals surface area contributed by atoms with E-state index in [1.165, 1.54) is 28.2 Å². The molecule has 3 rings (SSSR count). The minimum atomic E-state index is -3.36. The summed E-state index contributed by atoms with van der Waals surface area (Å²) in [6, 6.07) is 14.4. The molecule has 6 nitrogen and oxygen atoms in total. The fraction of sp³-hybridized carbons (Fsp3) is 0.304. The van der Waals surface area contributed by atoms with Crippen LogP contribution in [0.3, 0.4) is 0 Å². The molecule has 158 valence electrons. The number of likely N-dealkylation sites (N-methyl/N-ethyl adjacent to an activating group) is 1. The van der Waals surface area contributed by atoms with Crippen LogP contribution in [0.1, 0.15) is 29.5 Å². The van der Waals surface area contributed by atoms with Gasteiger partial charge in [-0.05, 0) is 61.1 Å². The van der Waals surface area contributed by atoms with Gasteiger partial charge in [0.25, 0.3) is 0 Å². The van der Waals surface area contributed by atoms with Gasteiger partial charge in [0, 0.05) is 19.5 Å². The molecule has 0 spiro atoms. The Morgan fingerprint density at radius 3 is 2.37 bits per heavy atom. The predicted octanol–water partition coefficient (Wildman–Crippen LogP) is 3.48. The Hall–Kier alpha value is -2.93. The summed E-state index contributed by atoms with van der Waals surface area (Å²) in [7, 11) is -1.70. The molecule has 1 atom stereocenters. The third kappa shape index (κ3) is 4.03. The molecule has 30 heavy (non-hydrogen) atoms. The van der Waals surface area contributed by atoms with Crippen LogP contribution in [0.25, 0.3) is 0 Å². The summed E-state index contributed by atoms with van der Waals surface area (Å²) in [6.07, 6.45) is 6.22. The summed E-state index contributed by atoms with van der Waals surface area (Å²) >= 11 is 0. The molecule has 7 heteroatoms. The molecule has 2 aromatic rings. The highest BCUT2D eigenvalue weighted by Gasteiger charge is 2.47. The molecule has 1 N–H and O–H groups in total. The van der Waals surface area contributed by atoms with E-state index in [4.69, 9.17) is 0 Å². The van der Waals surface area contributed by atoms with E-state index in [0.717, 1.165) is 12.7 Å². The van der Waals surface area contributed by atoms with Crippen LogP contribution in [0.4, 0.5) is 0 Å². The zero-order chi connectivity index (χ0) is 21.9. The standard InChI is InChI=1S/C23H26N2O4S/c1-17-7-4-5-8-18(17)9-6-15-23(21(24-27)14-16-25(2)22(23)26)19-10-12-20(13-11-19)30(3,28)29/h4-5,7-8,10-14,16,27H,6,9,15H2,1-3H3/b24-21+/t23-/m0/s1. The molecular weight excluding hydrogens is 400 g/mol. The van der Waals surface area contributed by atoms with Gasteiger partial charge in [-0.15, -0.1) is 0 Å². The van der Waals surface area contributed by atoms with Crippen molar-refractivity contribution in [3.8, 4) is 0 Å². The molecule has 1 aliphatic heterocycles. The number of nitrogens with zero attached hydrogens (tertiary/aromatic N) is 2. The minimum Gasteiger partial charge on any atom is -0.411 e. The van der Waals surface area contributed by atoms with Crippen LogP contribution < -0.4 is 0 Å². The Bertz CT molecular complexity index is 1100. The lowest BCUT2D eigenvalue weighted by atomic mass is 9.70. The average molecular weight is 427 g/mol. The molecule has 1 heterocycles. The topological polar surface area (TPSA) is 87.0 Å². The number of carbonyl (C=O) groups excluding carboxylic acids is 1. The van der Waals surface area contributed by atoms with Gasteiger partial charge < -0.3 is 10.1 Å². The van der Waals surface area contributed by atoms with Crippen molar-refractivity contribution in [2.24, 2.45) is 5.16 Å². The second-order valence-electron chi connectivity index (χ2n) is 7.70. The van der Waals surface area contributed by atoms with E-state index in [1.54, 1.807) is 31.5 Å². The first-order chi connectivity index (χ1) is 14.2. The Morgan fingerprint density at radius 2 is 1.77 bits per heavy atom. The molecule has 1 aliphatic rings. The normalized spacial score (nSPS) is 20.7. The highest BCUT2D eigenvalue weighted by Crippen LogP contribution is 2.37. The van der Waals surface area contributed by atoms with Gasteiger partial charge in [-0.2, -0.15) is 0 Å². The molecule has 0 saturated carbocycles. The SMILES string of the molecule is Cc1ccccc1CCC[C@@]1(c2ccc(S(C)(=O)=O)cc2)C(=O)N(C)C=C/C1=N\O. The van der Waals surface area contributed by atoms with Crippen molar-refractivity contribution in [3.63, 3.8) is 0 Å². The largest absolute Gasteiger partial charge is 0.411 e. The van der Waals surface area contributed by atoms with Crippen molar-refractivity contribution >= 4 is 21.5 Å². The first-order valence-electron chi connectivity index (χ1n) is 9.73. The maximum atomic E-state index is 13.4. The van der Waals surface area contributed by atoms with Crippen molar-refractivity contribution in [3.05, 3.63) is 77.5 Å². The molecule has 0 fully saturated rings. The molecule has 0 aliphatic carbocycles. The molecule has 0 aromatic heterocycles.